The van der Waals surface area contributed by atoms with E-state index in [-0.39, 0.29) is 29.4 Å². The Balaban J connectivity index is 1.18. The molecule has 1 N–H and O–H groups in total. The second kappa shape index (κ2) is 11.4. The lowest BCUT2D eigenvalue weighted by atomic mass is 9.87. The molecule has 2 unspecified atom stereocenters. The van der Waals surface area contributed by atoms with Crippen molar-refractivity contribution in [2.45, 2.75) is 70.8 Å². The fourth-order valence-electron chi connectivity index (χ4n) is 5.17. The van der Waals surface area contributed by atoms with Crippen molar-refractivity contribution in [1.82, 2.24) is 15.3 Å². The summed E-state index contributed by atoms with van der Waals surface area (Å²) in [5, 5.41) is 0. The fraction of sp³-hybridized carbons (Fsp3) is 0.667. The minimum Gasteiger partial charge on any atom is -0.446 e. The van der Waals surface area contributed by atoms with Gasteiger partial charge in [0.15, 0.2) is 0 Å². The Labute approximate surface area is 214 Å². The van der Waals surface area contributed by atoms with Crippen LogP contribution in [-0.2, 0) is 19.8 Å². The van der Waals surface area contributed by atoms with Crippen LogP contribution in [0.15, 0.2) is 24.3 Å². The number of rotatable bonds is 3. The number of piperazine rings is 1. The zero-order valence-corrected chi connectivity index (χ0v) is 21.8. The molecule has 198 valence electrons. The van der Waals surface area contributed by atoms with Crippen molar-refractivity contribution in [2.24, 2.45) is 5.92 Å². The number of anilines is 1. The Morgan fingerprint density at radius 3 is 2.11 bits per heavy atom. The lowest BCUT2D eigenvalue weighted by Crippen LogP contribution is -2.50. The van der Waals surface area contributed by atoms with E-state index in [1.165, 1.54) is 5.56 Å². The molecule has 2 aliphatic heterocycles. The molecule has 0 radical (unpaired) electrons. The van der Waals surface area contributed by atoms with Gasteiger partial charge in [-0.3, -0.25) is 4.79 Å². The molecule has 9 heteroatoms. The zero-order chi connectivity index (χ0) is 25.7. The van der Waals surface area contributed by atoms with Gasteiger partial charge in [0.25, 0.3) is 5.91 Å². The molecule has 3 fully saturated rings. The van der Waals surface area contributed by atoms with Gasteiger partial charge in [0.05, 0.1) is 0 Å². The molecule has 9 nitrogen and oxygen atoms in total. The second-order valence-electron chi connectivity index (χ2n) is 11.2. The van der Waals surface area contributed by atoms with Crippen molar-refractivity contribution >= 4 is 23.8 Å². The number of nitrogens with zero attached hydrogens (tertiary/aromatic N) is 3. The summed E-state index contributed by atoms with van der Waals surface area (Å²) in [4.78, 5) is 48.2. The number of amides is 3. The Morgan fingerprint density at radius 2 is 1.47 bits per heavy atom. The summed E-state index contributed by atoms with van der Waals surface area (Å²) in [6.07, 6.45) is 3.61. The molecule has 3 aliphatic rings. The Bertz CT molecular complexity index is 915. The van der Waals surface area contributed by atoms with Gasteiger partial charge >= 0.3 is 12.2 Å². The molecule has 1 aromatic rings. The standard InChI is InChI=1S/C27H40N4O5/c1-27(2,3)21-9-11-22(12-10-21)29-15-17-31(18-16-29)26(34)36-28-24(32)20-7-6-8-23(19-20)35-25(33)30-13-4-5-14-30/h9-12,20,23H,4-8,13-19H2,1-3H3,(H,28,32). The second-order valence-corrected chi connectivity index (χ2v) is 11.2. The highest BCUT2D eigenvalue weighted by atomic mass is 16.7. The Kier molecular flexibility index (Phi) is 8.26. The van der Waals surface area contributed by atoms with Crippen molar-refractivity contribution in [3.63, 3.8) is 0 Å². The number of benzene rings is 1. The van der Waals surface area contributed by atoms with Crippen molar-refractivity contribution < 1.29 is 24.0 Å². The molecule has 36 heavy (non-hydrogen) atoms. The highest BCUT2D eigenvalue weighted by Crippen LogP contribution is 2.28. The van der Waals surface area contributed by atoms with Crippen LogP contribution in [0.2, 0.25) is 0 Å². The number of nitrogens with one attached hydrogen (secondary N) is 1. The first-order valence-corrected chi connectivity index (χ1v) is 13.3. The van der Waals surface area contributed by atoms with Gasteiger partial charge in [-0.25, -0.2) is 9.59 Å². The van der Waals surface area contributed by atoms with Crippen LogP contribution in [0.4, 0.5) is 15.3 Å². The molecule has 2 heterocycles. The van der Waals surface area contributed by atoms with E-state index in [0.717, 1.165) is 44.5 Å². The lowest BCUT2D eigenvalue weighted by molar-refractivity contribution is -0.136. The minimum atomic E-state index is -0.543. The van der Waals surface area contributed by atoms with Crippen molar-refractivity contribution in [1.29, 1.82) is 0 Å². The molecule has 4 rings (SSSR count). The van der Waals surface area contributed by atoms with E-state index in [1.807, 2.05) is 0 Å². The molecule has 1 aliphatic carbocycles. The highest BCUT2D eigenvalue weighted by Gasteiger charge is 2.32. The minimum absolute atomic E-state index is 0.113. The molecule has 2 atom stereocenters. The van der Waals surface area contributed by atoms with E-state index in [9.17, 15) is 14.4 Å². The van der Waals surface area contributed by atoms with Crippen molar-refractivity contribution in [3.05, 3.63) is 29.8 Å². The zero-order valence-electron chi connectivity index (χ0n) is 21.8. The maximum Gasteiger partial charge on any atom is 0.434 e. The Morgan fingerprint density at radius 1 is 0.833 bits per heavy atom. The molecule has 2 saturated heterocycles. The van der Waals surface area contributed by atoms with E-state index in [1.54, 1.807) is 9.80 Å². The lowest BCUT2D eigenvalue weighted by Gasteiger charge is -2.35. The van der Waals surface area contributed by atoms with Crippen LogP contribution in [0, 0.1) is 5.92 Å². The topological polar surface area (TPSA) is 91.4 Å². The number of hydroxylamine groups is 1. The number of likely N-dealkylation sites (tertiary alicyclic amines) is 1. The number of carbonyl (C=O) groups excluding carboxylic acids is 3. The van der Waals surface area contributed by atoms with Crippen LogP contribution in [0.25, 0.3) is 0 Å². The van der Waals surface area contributed by atoms with Gasteiger partial charge < -0.3 is 24.3 Å². The van der Waals surface area contributed by atoms with Crippen LogP contribution in [0.5, 0.6) is 0 Å². The predicted molar refractivity (Wildman–Crippen MR) is 137 cm³/mol. The average Bonchev–Trinajstić information content (AvgIpc) is 3.42. The summed E-state index contributed by atoms with van der Waals surface area (Å²) in [5.74, 6) is -0.668. The number of hydrogen-bond donors (Lipinski definition) is 1. The number of ether oxygens (including phenoxy) is 1. The van der Waals surface area contributed by atoms with Gasteiger partial charge in [0.2, 0.25) is 0 Å². The normalized spacial score (nSPS) is 22.8. The van der Waals surface area contributed by atoms with Crippen LogP contribution in [0.3, 0.4) is 0 Å². The van der Waals surface area contributed by atoms with E-state index in [2.05, 4.69) is 55.4 Å². The van der Waals surface area contributed by atoms with Crippen LogP contribution < -0.4 is 10.4 Å². The summed E-state index contributed by atoms with van der Waals surface area (Å²) in [6.45, 7) is 10.5. The molecule has 0 spiro atoms. The van der Waals surface area contributed by atoms with Crippen molar-refractivity contribution in [2.75, 3.05) is 44.2 Å². The molecular weight excluding hydrogens is 460 g/mol. The molecule has 0 bridgehead atoms. The highest BCUT2D eigenvalue weighted by molar-refractivity contribution is 5.80. The summed E-state index contributed by atoms with van der Waals surface area (Å²) in [7, 11) is 0. The largest absolute Gasteiger partial charge is 0.446 e. The number of hydrogen-bond acceptors (Lipinski definition) is 6. The SMILES string of the molecule is CC(C)(C)c1ccc(N2CCN(C(=O)ONC(=O)C3CCCC(OC(=O)N4CCCC4)C3)CC2)cc1. The van der Waals surface area contributed by atoms with Crippen LogP contribution in [0.1, 0.15) is 64.9 Å². The molecular formula is C27H40N4O5. The first-order chi connectivity index (χ1) is 17.2. The summed E-state index contributed by atoms with van der Waals surface area (Å²) >= 11 is 0. The van der Waals surface area contributed by atoms with Gasteiger partial charge in [0.1, 0.15) is 6.10 Å². The molecule has 3 amide bonds. The predicted octanol–water partition coefficient (Wildman–Crippen LogP) is 4.07. The smallest absolute Gasteiger partial charge is 0.434 e. The average molecular weight is 501 g/mol. The summed E-state index contributed by atoms with van der Waals surface area (Å²) < 4.78 is 5.63. The van der Waals surface area contributed by atoms with E-state index < -0.39 is 6.09 Å². The quantitative estimate of drug-likeness (QED) is 0.630. The van der Waals surface area contributed by atoms with E-state index >= 15 is 0 Å². The first-order valence-electron chi connectivity index (χ1n) is 13.3. The van der Waals surface area contributed by atoms with Gasteiger partial charge in [-0.1, -0.05) is 32.9 Å². The maximum absolute atomic E-state index is 12.6. The van der Waals surface area contributed by atoms with Gasteiger partial charge in [-0.05, 0) is 61.6 Å². The summed E-state index contributed by atoms with van der Waals surface area (Å²) in [6, 6.07) is 8.59. The van der Waals surface area contributed by atoms with E-state index in [4.69, 9.17) is 9.57 Å². The van der Waals surface area contributed by atoms with Gasteiger partial charge in [-0.15, -0.1) is 0 Å². The summed E-state index contributed by atoms with van der Waals surface area (Å²) in [5.41, 5.74) is 4.89. The van der Waals surface area contributed by atoms with Crippen LogP contribution in [-0.4, -0.2) is 73.3 Å². The first kappa shape index (κ1) is 26.1. The molecule has 1 saturated carbocycles. The number of carbonyl (C=O) groups is 3. The third-order valence-electron chi connectivity index (χ3n) is 7.50. The fourth-order valence-corrected chi connectivity index (χ4v) is 5.17. The third kappa shape index (κ3) is 6.62. The van der Waals surface area contributed by atoms with Crippen molar-refractivity contribution in [3.8, 4) is 0 Å². The molecule has 0 aromatic heterocycles. The maximum atomic E-state index is 12.6. The monoisotopic (exact) mass is 500 g/mol. The van der Waals surface area contributed by atoms with Crippen LogP contribution >= 0.6 is 0 Å². The van der Waals surface area contributed by atoms with Gasteiger partial charge in [-0.2, -0.15) is 5.48 Å². The third-order valence-corrected chi connectivity index (χ3v) is 7.50. The molecule has 1 aromatic carbocycles. The van der Waals surface area contributed by atoms with Gasteiger partial charge in [0, 0.05) is 50.9 Å². The Hall–Kier alpha value is -2.97. The van der Waals surface area contributed by atoms with E-state index in [0.29, 0.717) is 39.0 Å².